The van der Waals surface area contributed by atoms with Crippen LogP contribution in [0.3, 0.4) is 0 Å². The second kappa shape index (κ2) is 4.94. The van der Waals surface area contributed by atoms with Crippen LogP contribution in [-0.4, -0.2) is 25.7 Å². The number of nitrogens with zero attached hydrogens (tertiary/aromatic N) is 1. The van der Waals surface area contributed by atoms with Gasteiger partial charge >= 0.3 is 0 Å². The third kappa shape index (κ3) is 1.84. The standard InChI is InChI=1S/C13H17N3OS/c1-4-7-9(15-2)6-5-8-10(12(14)17)13(16-3)18-11(7)8/h4,16H,5-6H2,1-3H3,(H2,14,17)/b7-4+,15-9?. The maximum atomic E-state index is 11.6. The van der Waals surface area contributed by atoms with E-state index in [2.05, 4.69) is 16.4 Å². The fourth-order valence-corrected chi connectivity index (χ4v) is 3.70. The van der Waals surface area contributed by atoms with Crippen LogP contribution >= 0.6 is 11.3 Å². The van der Waals surface area contributed by atoms with Crippen LogP contribution in [0, 0.1) is 0 Å². The molecule has 96 valence electrons. The van der Waals surface area contributed by atoms with Crippen molar-refractivity contribution in [3.8, 4) is 0 Å². The van der Waals surface area contributed by atoms with Crippen molar-refractivity contribution < 1.29 is 4.79 Å². The van der Waals surface area contributed by atoms with E-state index in [0.29, 0.717) is 5.56 Å². The Balaban J connectivity index is 2.67. The molecule has 0 spiro atoms. The molecule has 0 fully saturated rings. The second-order valence-corrected chi connectivity index (χ2v) is 5.12. The smallest absolute Gasteiger partial charge is 0.251 e. The van der Waals surface area contributed by atoms with Crippen molar-refractivity contribution in [1.29, 1.82) is 0 Å². The first-order valence-corrected chi connectivity index (χ1v) is 6.71. The maximum absolute atomic E-state index is 11.6. The zero-order valence-corrected chi connectivity index (χ0v) is 11.6. The van der Waals surface area contributed by atoms with Crippen molar-refractivity contribution in [3.05, 3.63) is 22.1 Å². The van der Waals surface area contributed by atoms with E-state index in [9.17, 15) is 4.79 Å². The number of allylic oxidation sites excluding steroid dienone is 2. The molecule has 0 saturated heterocycles. The van der Waals surface area contributed by atoms with Gasteiger partial charge in [-0.25, -0.2) is 0 Å². The lowest BCUT2D eigenvalue weighted by molar-refractivity contribution is 0.100. The molecule has 1 aromatic heterocycles. The summed E-state index contributed by atoms with van der Waals surface area (Å²) in [5.74, 6) is -0.357. The molecule has 18 heavy (non-hydrogen) atoms. The molecule has 0 saturated carbocycles. The summed E-state index contributed by atoms with van der Waals surface area (Å²) >= 11 is 1.58. The summed E-state index contributed by atoms with van der Waals surface area (Å²) in [6, 6.07) is 0. The number of nitrogens with two attached hydrogens (primary N) is 1. The normalized spacial score (nSPS) is 19.1. The van der Waals surface area contributed by atoms with Gasteiger partial charge in [-0.3, -0.25) is 9.79 Å². The lowest BCUT2D eigenvalue weighted by Gasteiger charge is -2.17. The van der Waals surface area contributed by atoms with E-state index in [1.807, 2.05) is 21.0 Å². The Kier molecular flexibility index (Phi) is 3.52. The largest absolute Gasteiger partial charge is 0.379 e. The Labute approximate surface area is 111 Å². The Hall–Kier alpha value is -1.62. The molecule has 0 aliphatic heterocycles. The molecule has 2 rings (SSSR count). The minimum atomic E-state index is -0.357. The SMILES string of the molecule is C/C=C1\C(=NC)CCc2c1sc(NC)c2C(N)=O. The molecule has 0 aromatic carbocycles. The van der Waals surface area contributed by atoms with Crippen LogP contribution in [0.1, 0.15) is 34.1 Å². The number of amides is 1. The second-order valence-electron chi connectivity index (χ2n) is 4.10. The van der Waals surface area contributed by atoms with Crippen molar-refractivity contribution in [2.75, 3.05) is 19.4 Å². The van der Waals surface area contributed by atoms with Gasteiger partial charge in [0.25, 0.3) is 5.91 Å². The molecule has 4 nitrogen and oxygen atoms in total. The van der Waals surface area contributed by atoms with E-state index in [1.165, 1.54) is 0 Å². The van der Waals surface area contributed by atoms with Gasteiger partial charge in [-0.1, -0.05) is 6.08 Å². The van der Waals surface area contributed by atoms with Gasteiger partial charge in [0, 0.05) is 30.3 Å². The minimum Gasteiger partial charge on any atom is -0.379 e. The first-order chi connectivity index (χ1) is 8.63. The van der Waals surface area contributed by atoms with E-state index in [-0.39, 0.29) is 5.91 Å². The summed E-state index contributed by atoms with van der Waals surface area (Å²) in [7, 11) is 3.62. The van der Waals surface area contributed by atoms with Gasteiger partial charge in [0.15, 0.2) is 0 Å². The molecule has 0 atom stereocenters. The molecule has 0 unspecified atom stereocenters. The average Bonchev–Trinajstić information content (AvgIpc) is 2.75. The summed E-state index contributed by atoms with van der Waals surface area (Å²) < 4.78 is 0. The van der Waals surface area contributed by atoms with Gasteiger partial charge in [-0.2, -0.15) is 0 Å². The molecule has 1 aliphatic rings. The van der Waals surface area contributed by atoms with E-state index in [4.69, 9.17) is 5.73 Å². The minimum absolute atomic E-state index is 0.357. The number of aliphatic imine (C=N–C) groups is 1. The Bertz CT molecular complexity index is 555. The van der Waals surface area contributed by atoms with Gasteiger partial charge in [0.2, 0.25) is 0 Å². The van der Waals surface area contributed by atoms with Crippen LogP contribution in [-0.2, 0) is 6.42 Å². The maximum Gasteiger partial charge on any atom is 0.251 e. The number of anilines is 1. The van der Waals surface area contributed by atoms with Crippen molar-refractivity contribution in [3.63, 3.8) is 0 Å². The van der Waals surface area contributed by atoms with Gasteiger partial charge in [0.05, 0.1) is 5.56 Å². The topological polar surface area (TPSA) is 67.5 Å². The third-order valence-corrected chi connectivity index (χ3v) is 4.49. The summed E-state index contributed by atoms with van der Waals surface area (Å²) in [5, 5.41) is 3.91. The number of fused-ring (bicyclic) bond motifs is 1. The van der Waals surface area contributed by atoms with Gasteiger partial charge in [-0.05, 0) is 25.3 Å². The van der Waals surface area contributed by atoms with E-state index in [1.54, 1.807) is 11.3 Å². The van der Waals surface area contributed by atoms with Crippen LogP contribution in [0.5, 0.6) is 0 Å². The van der Waals surface area contributed by atoms with Gasteiger partial charge in [-0.15, -0.1) is 11.3 Å². The highest BCUT2D eigenvalue weighted by Crippen LogP contribution is 2.41. The zero-order chi connectivity index (χ0) is 13.3. The Morgan fingerprint density at radius 3 is 2.72 bits per heavy atom. The molecule has 0 radical (unpaired) electrons. The predicted octanol–water partition coefficient (Wildman–Crippen LogP) is 2.31. The predicted molar refractivity (Wildman–Crippen MR) is 77.7 cm³/mol. The third-order valence-electron chi connectivity index (χ3n) is 3.21. The Morgan fingerprint density at radius 2 is 2.22 bits per heavy atom. The van der Waals surface area contributed by atoms with Crippen LogP contribution in [0.2, 0.25) is 0 Å². The number of rotatable bonds is 2. The highest BCUT2D eigenvalue weighted by molar-refractivity contribution is 7.18. The van der Waals surface area contributed by atoms with Gasteiger partial charge < -0.3 is 11.1 Å². The fourth-order valence-electron chi connectivity index (χ4n) is 2.40. The van der Waals surface area contributed by atoms with Crippen molar-refractivity contribution in [2.24, 2.45) is 10.7 Å². The quantitative estimate of drug-likeness (QED) is 0.859. The molecule has 3 N–H and O–H groups in total. The number of carbonyl (C=O) groups excluding carboxylic acids is 1. The zero-order valence-electron chi connectivity index (χ0n) is 10.8. The summed E-state index contributed by atoms with van der Waals surface area (Å²) in [6.07, 6.45) is 3.75. The fraction of sp³-hybridized carbons (Fsp3) is 0.385. The van der Waals surface area contributed by atoms with Crippen LogP contribution in [0.25, 0.3) is 5.57 Å². The number of carbonyl (C=O) groups is 1. The van der Waals surface area contributed by atoms with Crippen molar-refractivity contribution >= 4 is 33.5 Å². The number of thiophene rings is 1. The number of hydrogen-bond donors (Lipinski definition) is 2. The number of primary amides is 1. The van der Waals surface area contributed by atoms with Crippen LogP contribution in [0.4, 0.5) is 5.00 Å². The lowest BCUT2D eigenvalue weighted by Crippen LogP contribution is -2.17. The molecule has 0 bridgehead atoms. The molecule has 1 aliphatic carbocycles. The first kappa shape index (κ1) is 12.8. The monoisotopic (exact) mass is 263 g/mol. The summed E-state index contributed by atoms with van der Waals surface area (Å²) in [4.78, 5) is 17.1. The highest BCUT2D eigenvalue weighted by Gasteiger charge is 2.28. The van der Waals surface area contributed by atoms with E-state index < -0.39 is 0 Å². The molecule has 1 aromatic rings. The molecular weight excluding hydrogens is 246 g/mol. The highest BCUT2D eigenvalue weighted by atomic mass is 32.1. The number of nitrogens with one attached hydrogen (secondary N) is 1. The molecule has 5 heteroatoms. The van der Waals surface area contributed by atoms with Crippen LogP contribution in [0.15, 0.2) is 11.1 Å². The summed E-state index contributed by atoms with van der Waals surface area (Å²) in [5.41, 5.74) is 9.44. The molecule has 1 amide bonds. The number of hydrogen-bond acceptors (Lipinski definition) is 4. The van der Waals surface area contributed by atoms with E-state index in [0.717, 1.165) is 39.6 Å². The van der Waals surface area contributed by atoms with Crippen molar-refractivity contribution in [1.82, 2.24) is 0 Å². The van der Waals surface area contributed by atoms with E-state index >= 15 is 0 Å². The van der Waals surface area contributed by atoms with Crippen molar-refractivity contribution in [2.45, 2.75) is 19.8 Å². The molecular formula is C13H17N3OS. The summed E-state index contributed by atoms with van der Waals surface area (Å²) in [6.45, 7) is 2.00. The first-order valence-electron chi connectivity index (χ1n) is 5.90. The Morgan fingerprint density at radius 1 is 1.50 bits per heavy atom. The van der Waals surface area contributed by atoms with Gasteiger partial charge in [0.1, 0.15) is 5.00 Å². The lowest BCUT2D eigenvalue weighted by atomic mass is 9.89. The average molecular weight is 263 g/mol. The van der Waals surface area contributed by atoms with Crippen LogP contribution < -0.4 is 11.1 Å². The molecule has 1 heterocycles.